The Hall–Kier alpha value is -3.19. The molecule has 1 heterocycles. The van der Waals surface area contributed by atoms with Crippen molar-refractivity contribution in [1.29, 1.82) is 10.5 Å². The molecule has 1 aromatic carbocycles. The molecule has 0 atom stereocenters. The summed E-state index contributed by atoms with van der Waals surface area (Å²) in [5.74, 6) is -2.58. The van der Waals surface area contributed by atoms with Gasteiger partial charge in [-0.3, -0.25) is 4.79 Å². The number of fused-ring (bicyclic) bond motifs is 3. The average Bonchev–Trinajstić information content (AvgIpc) is 2.75. The van der Waals surface area contributed by atoms with Crippen LogP contribution in [-0.2, 0) is 0 Å². The van der Waals surface area contributed by atoms with E-state index in [-0.39, 0.29) is 28.3 Å². The Kier molecular flexibility index (Phi) is 2.32. The molecular formula is C13H2F2N4O. The number of aromatic nitrogens is 2. The predicted octanol–water partition coefficient (Wildman–Crippen LogP) is 1.71. The number of benzene rings is 1. The summed E-state index contributed by atoms with van der Waals surface area (Å²) in [5.41, 5.74) is -2.02. The van der Waals surface area contributed by atoms with E-state index in [0.29, 0.717) is 0 Å². The lowest BCUT2D eigenvalue weighted by molar-refractivity contribution is 0.103. The Morgan fingerprint density at radius 1 is 0.900 bits per heavy atom. The molecule has 1 aromatic heterocycles. The zero-order valence-electron chi connectivity index (χ0n) is 9.61. The van der Waals surface area contributed by atoms with Gasteiger partial charge in [-0.1, -0.05) is 0 Å². The Bertz CT molecular complexity index is 877. The summed E-state index contributed by atoms with van der Waals surface area (Å²) in [6, 6.07) is 4.94. The van der Waals surface area contributed by atoms with E-state index in [4.69, 9.17) is 10.5 Å². The van der Waals surface area contributed by atoms with Crippen LogP contribution in [0.2, 0.25) is 0 Å². The molecule has 0 spiro atoms. The van der Waals surface area contributed by atoms with Crippen LogP contribution < -0.4 is 0 Å². The van der Waals surface area contributed by atoms with Gasteiger partial charge in [-0.15, -0.1) is 0 Å². The number of carbonyl (C=O) groups is 1. The number of nitrogens with zero attached hydrogens (tertiary/aromatic N) is 4. The SMILES string of the molecule is N#Cc1nc2c(nc1C#N)-c1c(F)ccc(F)c1C2=O. The number of carbonyl (C=O) groups excluding carboxylic acids is 1. The summed E-state index contributed by atoms with van der Waals surface area (Å²) < 4.78 is 27.5. The van der Waals surface area contributed by atoms with E-state index >= 15 is 0 Å². The summed E-state index contributed by atoms with van der Waals surface area (Å²) in [6.45, 7) is 0. The maximum absolute atomic E-state index is 13.8. The van der Waals surface area contributed by atoms with Gasteiger partial charge < -0.3 is 0 Å². The number of rotatable bonds is 0. The molecule has 0 saturated carbocycles. The topological polar surface area (TPSA) is 90.4 Å². The highest BCUT2D eigenvalue weighted by Crippen LogP contribution is 2.37. The molecular weight excluding hydrogens is 266 g/mol. The third kappa shape index (κ3) is 1.35. The van der Waals surface area contributed by atoms with Gasteiger partial charge in [-0.05, 0) is 12.1 Å². The third-order valence-corrected chi connectivity index (χ3v) is 2.89. The van der Waals surface area contributed by atoms with Gasteiger partial charge >= 0.3 is 0 Å². The largest absolute Gasteiger partial charge is 0.287 e. The van der Waals surface area contributed by atoms with Crippen molar-refractivity contribution in [1.82, 2.24) is 9.97 Å². The lowest BCUT2D eigenvalue weighted by atomic mass is 10.1. The van der Waals surface area contributed by atoms with E-state index in [1.165, 1.54) is 0 Å². The van der Waals surface area contributed by atoms with Crippen LogP contribution in [-0.4, -0.2) is 15.8 Å². The minimum Gasteiger partial charge on any atom is -0.287 e. The summed E-state index contributed by atoms with van der Waals surface area (Å²) in [6.07, 6.45) is 0. The molecule has 0 unspecified atom stereocenters. The molecule has 0 fully saturated rings. The second-order valence-corrected chi connectivity index (χ2v) is 3.95. The van der Waals surface area contributed by atoms with E-state index in [0.717, 1.165) is 12.1 Å². The maximum atomic E-state index is 13.8. The monoisotopic (exact) mass is 268 g/mol. The highest BCUT2D eigenvalue weighted by Gasteiger charge is 2.36. The zero-order chi connectivity index (χ0) is 14.4. The van der Waals surface area contributed by atoms with Crippen LogP contribution in [0.1, 0.15) is 27.4 Å². The molecule has 1 aliphatic rings. The summed E-state index contributed by atoms with van der Waals surface area (Å²) in [7, 11) is 0. The van der Waals surface area contributed by atoms with E-state index in [9.17, 15) is 13.6 Å². The molecule has 20 heavy (non-hydrogen) atoms. The zero-order valence-corrected chi connectivity index (χ0v) is 9.61. The van der Waals surface area contributed by atoms with Crippen molar-refractivity contribution in [2.45, 2.75) is 0 Å². The van der Waals surface area contributed by atoms with Crippen molar-refractivity contribution in [2.75, 3.05) is 0 Å². The van der Waals surface area contributed by atoms with E-state index in [1.807, 2.05) is 0 Å². The molecule has 0 saturated heterocycles. The first-order valence-electron chi connectivity index (χ1n) is 5.33. The highest BCUT2D eigenvalue weighted by molar-refractivity contribution is 6.20. The van der Waals surface area contributed by atoms with Crippen LogP contribution in [0, 0.1) is 34.3 Å². The van der Waals surface area contributed by atoms with Crippen molar-refractivity contribution in [3.63, 3.8) is 0 Å². The maximum Gasteiger partial charge on any atom is 0.217 e. The lowest BCUT2D eigenvalue weighted by Gasteiger charge is -2.01. The van der Waals surface area contributed by atoms with E-state index in [2.05, 4.69) is 9.97 Å². The summed E-state index contributed by atoms with van der Waals surface area (Å²) in [4.78, 5) is 19.5. The van der Waals surface area contributed by atoms with Gasteiger partial charge in [-0.25, -0.2) is 18.7 Å². The fourth-order valence-corrected chi connectivity index (χ4v) is 2.05. The molecule has 94 valence electrons. The van der Waals surface area contributed by atoms with Gasteiger partial charge in [0, 0.05) is 0 Å². The van der Waals surface area contributed by atoms with Crippen LogP contribution >= 0.6 is 0 Å². The second kappa shape index (κ2) is 3.90. The van der Waals surface area contributed by atoms with E-state index < -0.39 is 23.0 Å². The number of ketones is 1. The summed E-state index contributed by atoms with van der Waals surface area (Å²) >= 11 is 0. The van der Waals surface area contributed by atoms with Gasteiger partial charge in [0.15, 0.2) is 11.4 Å². The standard InChI is InChI=1S/C13H2F2N4O/c14-5-1-2-6(15)10-9(5)11-12(13(10)20)19-8(4-17)7(3-16)18-11/h1-2H. The van der Waals surface area contributed by atoms with Crippen LogP contribution in [0.3, 0.4) is 0 Å². The minimum absolute atomic E-state index is 0.211. The molecule has 0 N–H and O–H groups in total. The number of nitriles is 2. The minimum atomic E-state index is -0.900. The molecule has 0 bridgehead atoms. The van der Waals surface area contributed by atoms with Crippen LogP contribution in [0.25, 0.3) is 11.3 Å². The average molecular weight is 268 g/mol. The van der Waals surface area contributed by atoms with Gasteiger partial charge in [0.2, 0.25) is 5.78 Å². The smallest absolute Gasteiger partial charge is 0.217 e. The molecule has 5 nitrogen and oxygen atoms in total. The first kappa shape index (κ1) is 11.9. The molecule has 2 aromatic rings. The second-order valence-electron chi connectivity index (χ2n) is 3.95. The van der Waals surface area contributed by atoms with Crippen molar-refractivity contribution in [2.24, 2.45) is 0 Å². The molecule has 0 amide bonds. The number of hydrogen-bond donors (Lipinski definition) is 0. The van der Waals surface area contributed by atoms with Crippen molar-refractivity contribution in [3.05, 3.63) is 46.4 Å². The Morgan fingerprint density at radius 3 is 1.95 bits per heavy atom. The van der Waals surface area contributed by atoms with Crippen molar-refractivity contribution in [3.8, 4) is 23.4 Å². The van der Waals surface area contributed by atoms with Gasteiger partial charge in [-0.2, -0.15) is 10.5 Å². The molecule has 7 heteroatoms. The number of halogens is 2. The molecule has 0 radical (unpaired) electrons. The van der Waals surface area contributed by atoms with Crippen molar-refractivity contribution >= 4 is 5.78 Å². The van der Waals surface area contributed by atoms with Gasteiger partial charge in [0.25, 0.3) is 0 Å². The quantitative estimate of drug-likeness (QED) is 0.619. The normalized spacial score (nSPS) is 11.5. The summed E-state index contributed by atoms with van der Waals surface area (Å²) in [5, 5.41) is 17.7. The first-order chi connectivity index (χ1) is 9.58. The highest BCUT2D eigenvalue weighted by atomic mass is 19.1. The van der Waals surface area contributed by atoms with Crippen molar-refractivity contribution < 1.29 is 13.6 Å². The van der Waals surface area contributed by atoms with Crippen LogP contribution in [0.5, 0.6) is 0 Å². The van der Waals surface area contributed by atoms with Crippen LogP contribution in [0.15, 0.2) is 12.1 Å². The fourth-order valence-electron chi connectivity index (χ4n) is 2.05. The van der Waals surface area contributed by atoms with Gasteiger partial charge in [0.05, 0.1) is 11.1 Å². The predicted molar refractivity (Wildman–Crippen MR) is 60.2 cm³/mol. The third-order valence-electron chi connectivity index (χ3n) is 2.89. The number of hydrogen-bond acceptors (Lipinski definition) is 5. The molecule has 0 aliphatic heterocycles. The Balaban J connectivity index is 2.44. The van der Waals surface area contributed by atoms with Gasteiger partial charge in [0.1, 0.15) is 35.2 Å². The Morgan fingerprint density at radius 2 is 1.40 bits per heavy atom. The Labute approximate surface area is 110 Å². The van der Waals surface area contributed by atoms with Crippen LogP contribution in [0.4, 0.5) is 8.78 Å². The first-order valence-corrected chi connectivity index (χ1v) is 5.33. The molecule has 1 aliphatic carbocycles. The fraction of sp³-hybridized carbons (Fsp3) is 0. The van der Waals surface area contributed by atoms with E-state index in [1.54, 1.807) is 12.1 Å². The lowest BCUT2D eigenvalue weighted by Crippen LogP contribution is -2.04. The molecule has 3 rings (SSSR count).